The van der Waals surface area contributed by atoms with Gasteiger partial charge < -0.3 is 15.0 Å². The largest absolute Gasteiger partial charge is 0.452 e. The maximum atomic E-state index is 12.2. The lowest BCUT2D eigenvalue weighted by Gasteiger charge is -2.09. The number of ether oxygens (including phenoxy) is 1. The molecule has 0 aliphatic carbocycles. The molecule has 0 fully saturated rings. The molecule has 2 N–H and O–H groups in total. The molecule has 1 heterocycles. The first kappa shape index (κ1) is 19.6. The van der Waals surface area contributed by atoms with Gasteiger partial charge in [-0.2, -0.15) is 0 Å². The van der Waals surface area contributed by atoms with E-state index < -0.39 is 28.3 Å². The van der Waals surface area contributed by atoms with Gasteiger partial charge in [-0.15, -0.1) is 0 Å². The Kier molecular flexibility index (Phi) is 5.79. The topological polar surface area (TPSA) is 105 Å². The van der Waals surface area contributed by atoms with Gasteiger partial charge in [-0.3, -0.25) is 4.79 Å². The number of carbonyl (C=O) groups excluding carboxylic acids is 2. The van der Waals surface area contributed by atoms with Crippen molar-refractivity contribution in [3.8, 4) is 0 Å². The first-order chi connectivity index (χ1) is 13.4. The minimum atomic E-state index is -3.58. The molecule has 2 aromatic carbocycles. The Morgan fingerprint density at radius 1 is 1.07 bits per heavy atom. The summed E-state index contributed by atoms with van der Waals surface area (Å²) in [6.07, 6.45) is 3.54. The van der Waals surface area contributed by atoms with Gasteiger partial charge in [-0.1, -0.05) is 30.3 Å². The zero-order chi connectivity index (χ0) is 20.1. The van der Waals surface area contributed by atoms with Crippen molar-refractivity contribution in [1.82, 2.24) is 10.3 Å². The van der Waals surface area contributed by atoms with E-state index in [-0.39, 0.29) is 10.5 Å². The van der Waals surface area contributed by atoms with Crippen molar-refractivity contribution < 1.29 is 22.7 Å². The smallest absolute Gasteiger partial charge is 0.339 e. The van der Waals surface area contributed by atoms with Crippen molar-refractivity contribution in [3.63, 3.8) is 0 Å². The third kappa shape index (κ3) is 4.58. The number of rotatable bonds is 7. The zero-order valence-electron chi connectivity index (χ0n) is 15.3. The number of H-pyrrole nitrogens is 1. The van der Waals surface area contributed by atoms with Gasteiger partial charge in [0.25, 0.3) is 5.91 Å². The monoisotopic (exact) mass is 400 g/mol. The molecule has 0 radical (unpaired) electrons. The summed E-state index contributed by atoms with van der Waals surface area (Å²) in [7, 11) is -3.58. The number of nitrogens with one attached hydrogen (secondary N) is 2. The van der Waals surface area contributed by atoms with Crippen LogP contribution in [-0.2, 0) is 25.8 Å². The lowest BCUT2D eigenvalue weighted by molar-refractivity contribution is -0.124. The summed E-state index contributed by atoms with van der Waals surface area (Å²) in [5.41, 5.74) is 2.02. The third-order valence-corrected chi connectivity index (χ3v) is 5.39. The number of para-hydroxylation sites is 1. The Hall–Kier alpha value is -3.13. The van der Waals surface area contributed by atoms with Gasteiger partial charge in [0.2, 0.25) is 0 Å². The Bertz CT molecular complexity index is 1120. The van der Waals surface area contributed by atoms with Crippen molar-refractivity contribution in [3.05, 3.63) is 65.9 Å². The van der Waals surface area contributed by atoms with Gasteiger partial charge in [0, 0.05) is 29.9 Å². The Labute approximate surface area is 162 Å². The van der Waals surface area contributed by atoms with Crippen LogP contribution in [0.5, 0.6) is 0 Å². The molecule has 1 amide bonds. The minimum absolute atomic E-state index is 0.0865. The van der Waals surface area contributed by atoms with E-state index in [0.717, 1.165) is 22.7 Å². The maximum Gasteiger partial charge on any atom is 0.339 e. The number of carbonyl (C=O) groups is 2. The van der Waals surface area contributed by atoms with E-state index in [4.69, 9.17) is 4.74 Å². The molecule has 7 nitrogen and oxygen atoms in total. The van der Waals surface area contributed by atoms with E-state index >= 15 is 0 Å². The predicted octanol–water partition coefficient (Wildman–Crippen LogP) is 2.09. The predicted molar refractivity (Wildman–Crippen MR) is 105 cm³/mol. The summed E-state index contributed by atoms with van der Waals surface area (Å²) in [5.74, 6) is -1.31. The van der Waals surface area contributed by atoms with E-state index in [1.54, 1.807) is 0 Å². The Morgan fingerprint density at radius 2 is 1.79 bits per heavy atom. The number of esters is 1. The van der Waals surface area contributed by atoms with Crippen LogP contribution >= 0.6 is 0 Å². The molecule has 0 spiro atoms. The highest BCUT2D eigenvalue weighted by Gasteiger charge is 2.20. The number of hydrogen-bond acceptors (Lipinski definition) is 5. The van der Waals surface area contributed by atoms with Crippen LogP contribution in [0.1, 0.15) is 15.9 Å². The highest BCUT2D eigenvalue weighted by atomic mass is 32.2. The average molecular weight is 400 g/mol. The number of amides is 1. The molecule has 0 aliphatic rings. The summed E-state index contributed by atoms with van der Waals surface area (Å²) < 4.78 is 28.5. The van der Waals surface area contributed by atoms with Gasteiger partial charge in [-0.25, -0.2) is 13.2 Å². The quantitative estimate of drug-likeness (QED) is 0.591. The SMILES string of the molecule is CS(=O)(=O)c1ccccc1C(=O)OCC(=O)NCCc1c[nH]c2ccccc12. The highest BCUT2D eigenvalue weighted by Crippen LogP contribution is 2.18. The second-order valence-electron chi connectivity index (χ2n) is 6.30. The number of aromatic amines is 1. The fraction of sp³-hybridized carbons (Fsp3) is 0.200. The molecule has 3 rings (SSSR count). The third-order valence-electron chi connectivity index (χ3n) is 4.23. The molecule has 0 bridgehead atoms. The minimum Gasteiger partial charge on any atom is -0.452 e. The standard InChI is InChI=1S/C20H20N2O5S/c1-28(25,26)18-9-5-3-7-16(18)20(24)27-13-19(23)21-11-10-14-12-22-17-8-4-2-6-15(14)17/h2-9,12,22H,10-11,13H2,1H3,(H,21,23). The van der Waals surface area contributed by atoms with Gasteiger partial charge in [0.05, 0.1) is 10.5 Å². The van der Waals surface area contributed by atoms with Gasteiger partial charge in [-0.05, 0) is 30.2 Å². The fourth-order valence-electron chi connectivity index (χ4n) is 2.89. The number of aromatic nitrogens is 1. The second-order valence-corrected chi connectivity index (χ2v) is 8.29. The molecular weight excluding hydrogens is 380 g/mol. The van der Waals surface area contributed by atoms with E-state index in [1.807, 2.05) is 30.5 Å². The first-order valence-electron chi connectivity index (χ1n) is 8.64. The van der Waals surface area contributed by atoms with Gasteiger partial charge in [0.15, 0.2) is 16.4 Å². The lowest BCUT2D eigenvalue weighted by Crippen LogP contribution is -2.30. The number of sulfone groups is 1. The summed E-state index contributed by atoms with van der Waals surface area (Å²) >= 11 is 0. The second kappa shape index (κ2) is 8.26. The van der Waals surface area contributed by atoms with Crippen molar-refractivity contribution in [2.45, 2.75) is 11.3 Å². The van der Waals surface area contributed by atoms with Crippen LogP contribution in [0, 0.1) is 0 Å². The normalized spacial score (nSPS) is 11.3. The van der Waals surface area contributed by atoms with E-state index in [1.165, 1.54) is 24.3 Å². The lowest BCUT2D eigenvalue weighted by atomic mass is 10.1. The van der Waals surface area contributed by atoms with Crippen LogP contribution in [0.2, 0.25) is 0 Å². The molecule has 0 saturated carbocycles. The van der Waals surface area contributed by atoms with Crippen LogP contribution in [0.4, 0.5) is 0 Å². The molecule has 146 valence electrons. The van der Waals surface area contributed by atoms with Gasteiger partial charge >= 0.3 is 5.97 Å². The van der Waals surface area contributed by atoms with E-state index in [9.17, 15) is 18.0 Å². The average Bonchev–Trinajstić information content (AvgIpc) is 3.09. The number of fused-ring (bicyclic) bond motifs is 1. The molecule has 0 aliphatic heterocycles. The van der Waals surface area contributed by atoms with Gasteiger partial charge in [0.1, 0.15) is 0 Å². The summed E-state index contributed by atoms with van der Waals surface area (Å²) in [5, 5.41) is 3.79. The Morgan fingerprint density at radius 3 is 2.57 bits per heavy atom. The number of hydrogen-bond donors (Lipinski definition) is 2. The van der Waals surface area contributed by atoms with Crippen molar-refractivity contribution in [1.29, 1.82) is 0 Å². The molecule has 1 aromatic heterocycles. The molecule has 3 aromatic rings. The highest BCUT2D eigenvalue weighted by molar-refractivity contribution is 7.90. The first-order valence-corrected chi connectivity index (χ1v) is 10.5. The van der Waals surface area contributed by atoms with Crippen LogP contribution < -0.4 is 5.32 Å². The molecule has 8 heteroatoms. The van der Waals surface area contributed by atoms with E-state index in [0.29, 0.717) is 13.0 Å². The molecule has 28 heavy (non-hydrogen) atoms. The number of benzene rings is 2. The van der Waals surface area contributed by atoms with Crippen LogP contribution in [0.3, 0.4) is 0 Å². The van der Waals surface area contributed by atoms with E-state index in [2.05, 4.69) is 10.3 Å². The van der Waals surface area contributed by atoms with Crippen molar-refractivity contribution >= 4 is 32.6 Å². The fourth-order valence-corrected chi connectivity index (χ4v) is 3.77. The van der Waals surface area contributed by atoms with Crippen molar-refractivity contribution in [2.75, 3.05) is 19.4 Å². The van der Waals surface area contributed by atoms with Crippen LogP contribution in [-0.4, -0.2) is 44.7 Å². The molecular formula is C20H20N2O5S. The summed E-state index contributed by atoms with van der Waals surface area (Å²) in [6, 6.07) is 13.6. The maximum absolute atomic E-state index is 12.2. The summed E-state index contributed by atoms with van der Waals surface area (Å²) in [4.78, 5) is 27.1. The Balaban J connectivity index is 1.52. The molecule has 0 saturated heterocycles. The zero-order valence-corrected chi connectivity index (χ0v) is 16.1. The molecule has 0 atom stereocenters. The van der Waals surface area contributed by atoms with Crippen LogP contribution in [0.15, 0.2) is 59.6 Å². The van der Waals surface area contributed by atoms with Crippen LogP contribution in [0.25, 0.3) is 10.9 Å². The van der Waals surface area contributed by atoms with Crippen molar-refractivity contribution in [2.24, 2.45) is 0 Å². The molecule has 0 unspecified atom stereocenters. The summed E-state index contributed by atoms with van der Waals surface area (Å²) in [6.45, 7) is -0.0943.